The van der Waals surface area contributed by atoms with Crippen molar-refractivity contribution >= 4 is 27.3 Å². The van der Waals surface area contributed by atoms with Crippen LogP contribution in [0.1, 0.15) is 11.1 Å². The molecule has 0 saturated heterocycles. The van der Waals surface area contributed by atoms with Gasteiger partial charge in [0.1, 0.15) is 12.3 Å². The van der Waals surface area contributed by atoms with Crippen LogP contribution in [0, 0.1) is 13.8 Å². The SMILES string of the molecule is COc1ccc(C)cc1NC(=O)CN1c2ccc(C)cc2-c2ccccc2S1(=O)=O. The van der Waals surface area contributed by atoms with Crippen LogP contribution in [0.2, 0.25) is 0 Å². The number of fused-ring (bicyclic) bond motifs is 3. The number of nitrogens with one attached hydrogen (secondary N) is 1. The molecule has 1 heterocycles. The van der Waals surface area contributed by atoms with Gasteiger partial charge in [-0.15, -0.1) is 0 Å². The van der Waals surface area contributed by atoms with Gasteiger partial charge in [-0.05, 0) is 49.7 Å². The molecule has 154 valence electrons. The van der Waals surface area contributed by atoms with E-state index in [0.717, 1.165) is 16.7 Å². The summed E-state index contributed by atoms with van der Waals surface area (Å²) in [5, 5.41) is 2.78. The van der Waals surface area contributed by atoms with Crippen molar-refractivity contribution in [3.05, 3.63) is 71.8 Å². The fourth-order valence-electron chi connectivity index (χ4n) is 3.66. The Hall–Kier alpha value is -3.32. The molecule has 0 unspecified atom stereocenters. The van der Waals surface area contributed by atoms with Crippen LogP contribution in [0.5, 0.6) is 5.75 Å². The van der Waals surface area contributed by atoms with Crippen molar-refractivity contribution in [3.63, 3.8) is 0 Å². The van der Waals surface area contributed by atoms with E-state index in [1.54, 1.807) is 36.4 Å². The molecule has 4 rings (SSSR count). The molecule has 1 N–H and O–H groups in total. The Morgan fingerprint density at radius 3 is 2.43 bits per heavy atom. The normalized spacial score (nSPS) is 13.9. The van der Waals surface area contributed by atoms with E-state index in [0.29, 0.717) is 22.7 Å². The fourth-order valence-corrected chi connectivity index (χ4v) is 5.30. The molecule has 0 radical (unpaired) electrons. The number of methoxy groups -OCH3 is 1. The van der Waals surface area contributed by atoms with Crippen molar-refractivity contribution in [1.29, 1.82) is 0 Å². The Morgan fingerprint density at radius 2 is 1.67 bits per heavy atom. The van der Waals surface area contributed by atoms with Crippen LogP contribution < -0.4 is 14.4 Å². The average molecular weight is 423 g/mol. The van der Waals surface area contributed by atoms with E-state index in [-0.39, 0.29) is 11.4 Å². The summed E-state index contributed by atoms with van der Waals surface area (Å²) in [7, 11) is -2.36. The van der Waals surface area contributed by atoms with Gasteiger partial charge in [-0.25, -0.2) is 8.42 Å². The number of hydrogen-bond donors (Lipinski definition) is 1. The number of amides is 1. The number of carbonyl (C=O) groups excluding carboxylic acids is 1. The molecule has 6 nitrogen and oxygen atoms in total. The van der Waals surface area contributed by atoms with Crippen molar-refractivity contribution in [3.8, 4) is 16.9 Å². The largest absolute Gasteiger partial charge is 0.495 e. The molecule has 0 fully saturated rings. The number of aryl methyl sites for hydroxylation is 2. The summed E-state index contributed by atoms with van der Waals surface area (Å²) in [6.07, 6.45) is 0. The minimum absolute atomic E-state index is 0.198. The zero-order valence-corrected chi connectivity index (χ0v) is 17.8. The quantitative estimate of drug-likeness (QED) is 0.686. The van der Waals surface area contributed by atoms with Crippen molar-refractivity contribution in [1.82, 2.24) is 0 Å². The van der Waals surface area contributed by atoms with E-state index in [9.17, 15) is 13.2 Å². The van der Waals surface area contributed by atoms with Crippen molar-refractivity contribution in [2.45, 2.75) is 18.7 Å². The minimum Gasteiger partial charge on any atom is -0.495 e. The van der Waals surface area contributed by atoms with Gasteiger partial charge in [0.05, 0.1) is 23.4 Å². The zero-order chi connectivity index (χ0) is 21.5. The van der Waals surface area contributed by atoms with E-state index >= 15 is 0 Å². The first kappa shape index (κ1) is 20.0. The molecular formula is C23H22N2O4S. The molecule has 1 aliphatic rings. The van der Waals surface area contributed by atoms with Crippen molar-refractivity contribution < 1.29 is 17.9 Å². The lowest BCUT2D eigenvalue weighted by Gasteiger charge is -2.32. The minimum atomic E-state index is -3.88. The van der Waals surface area contributed by atoms with Crippen LogP contribution in [0.15, 0.2) is 65.6 Å². The first-order chi connectivity index (χ1) is 14.3. The van der Waals surface area contributed by atoms with Crippen molar-refractivity contribution in [2.24, 2.45) is 0 Å². The summed E-state index contributed by atoms with van der Waals surface area (Å²) < 4.78 is 33.1. The molecule has 0 bridgehead atoms. The van der Waals surface area contributed by atoms with Gasteiger partial charge in [0.15, 0.2) is 0 Å². The smallest absolute Gasteiger partial charge is 0.265 e. The van der Waals surface area contributed by atoms with Crippen LogP contribution in [0.3, 0.4) is 0 Å². The molecule has 0 spiro atoms. The number of nitrogens with zero attached hydrogens (tertiary/aromatic N) is 1. The highest BCUT2D eigenvalue weighted by atomic mass is 32.2. The van der Waals surface area contributed by atoms with Gasteiger partial charge in [-0.3, -0.25) is 9.10 Å². The summed E-state index contributed by atoms with van der Waals surface area (Å²) in [5.41, 5.74) is 4.39. The molecule has 3 aromatic rings. The summed E-state index contributed by atoms with van der Waals surface area (Å²) in [6.45, 7) is 3.51. The summed E-state index contributed by atoms with van der Waals surface area (Å²) in [4.78, 5) is 13.1. The van der Waals surface area contributed by atoms with Crippen LogP contribution in [-0.4, -0.2) is 28.0 Å². The number of carbonyl (C=O) groups is 1. The highest BCUT2D eigenvalue weighted by Crippen LogP contribution is 2.43. The lowest BCUT2D eigenvalue weighted by molar-refractivity contribution is -0.114. The molecule has 30 heavy (non-hydrogen) atoms. The monoisotopic (exact) mass is 422 g/mol. The maximum atomic E-state index is 13.3. The molecule has 0 saturated carbocycles. The Labute approximate surface area is 176 Å². The lowest BCUT2D eigenvalue weighted by Crippen LogP contribution is -2.40. The molecule has 1 aliphatic heterocycles. The summed E-state index contributed by atoms with van der Waals surface area (Å²) in [6, 6.07) is 17.8. The average Bonchev–Trinajstić information content (AvgIpc) is 2.71. The number of hydrogen-bond acceptors (Lipinski definition) is 4. The first-order valence-electron chi connectivity index (χ1n) is 9.48. The van der Waals surface area contributed by atoms with Crippen LogP contribution in [-0.2, 0) is 14.8 Å². The Balaban J connectivity index is 1.73. The van der Waals surface area contributed by atoms with Gasteiger partial charge in [0.25, 0.3) is 10.0 Å². The van der Waals surface area contributed by atoms with Gasteiger partial charge < -0.3 is 10.1 Å². The molecule has 3 aromatic carbocycles. The first-order valence-corrected chi connectivity index (χ1v) is 10.9. The molecule has 7 heteroatoms. The standard InChI is InChI=1S/C23H22N2O4S/c1-15-8-10-20-18(12-15)17-6-4-5-7-22(17)30(27,28)25(20)14-23(26)24-19-13-16(2)9-11-21(19)29-3/h4-13H,14H2,1-3H3,(H,24,26). The summed E-state index contributed by atoms with van der Waals surface area (Å²) in [5.74, 6) is 0.0604. The van der Waals surface area contributed by atoms with Gasteiger partial charge >= 0.3 is 0 Å². The van der Waals surface area contributed by atoms with Crippen LogP contribution in [0.4, 0.5) is 11.4 Å². The van der Waals surface area contributed by atoms with Crippen LogP contribution >= 0.6 is 0 Å². The van der Waals surface area contributed by atoms with Gasteiger partial charge in [-0.1, -0.05) is 35.9 Å². The molecular weight excluding hydrogens is 400 g/mol. The number of ether oxygens (including phenoxy) is 1. The Kier molecular flexibility index (Phi) is 4.99. The Morgan fingerprint density at radius 1 is 0.967 bits per heavy atom. The van der Waals surface area contributed by atoms with Crippen LogP contribution in [0.25, 0.3) is 11.1 Å². The number of sulfonamides is 1. The number of anilines is 2. The van der Waals surface area contributed by atoms with E-state index < -0.39 is 15.9 Å². The fraction of sp³-hybridized carbons (Fsp3) is 0.174. The second-order valence-electron chi connectivity index (χ2n) is 7.28. The third-order valence-electron chi connectivity index (χ3n) is 5.08. The Bertz CT molecular complexity index is 1250. The van der Waals surface area contributed by atoms with E-state index in [1.807, 2.05) is 38.1 Å². The third kappa shape index (κ3) is 3.41. The molecule has 0 atom stereocenters. The molecule has 0 aliphatic carbocycles. The highest BCUT2D eigenvalue weighted by molar-refractivity contribution is 7.93. The molecule has 0 aromatic heterocycles. The van der Waals surface area contributed by atoms with Crippen molar-refractivity contribution in [2.75, 3.05) is 23.3 Å². The maximum Gasteiger partial charge on any atom is 0.265 e. The van der Waals surface area contributed by atoms with Gasteiger partial charge in [0, 0.05) is 11.1 Å². The van der Waals surface area contributed by atoms with Gasteiger partial charge in [0.2, 0.25) is 5.91 Å². The zero-order valence-electron chi connectivity index (χ0n) is 17.0. The van der Waals surface area contributed by atoms with E-state index in [4.69, 9.17) is 4.74 Å². The highest BCUT2D eigenvalue weighted by Gasteiger charge is 2.35. The van der Waals surface area contributed by atoms with E-state index in [2.05, 4.69) is 5.32 Å². The number of benzene rings is 3. The van der Waals surface area contributed by atoms with Gasteiger partial charge in [-0.2, -0.15) is 0 Å². The lowest BCUT2D eigenvalue weighted by atomic mass is 10.0. The summed E-state index contributed by atoms with van der Waals surface area (Å²) >= 11 is 0. The topological polar surface area (TPSA) is 75.7 Å². The predicted molar refractivity (Wildman–Crippen MR) is 118 cm³/mol. The third-order valence-corrected chi connectivity index (χ3v) is 6.90. The number of rotatable bonds is 4. The molecule has 1 amide bonds. The second-order valence-corrected chi connectivity index (χ2v) is 9.11. The maximum absolute atomic E-state index is 13.3. The van der Waals surface area contributed by atoms with E-state index in [1.165, 1.54) is 11.4 Å². The predicted octanol–water partition coefficient (Wildman–Crippen LogP) is 4.13. The second kappa shape index (κ2) is 7.50.